The lowest BCUT2D eigenvalue weighted by Gasteiger charge is -2.26. The van der Waals surface area contributed by atoms with Gasteiger partial charge in [0.25, 0.3) is 0 Å². The summed E-state index contributed by atoms with van der Waals surface area (Å²) in [5, 5.41) is 0. The molecule has 0 atom stereocenters. The van der Waals surface area contributed by atoms with Crippen molar-refractivity contribution in [2.24, 2.45) is 5.73 Å². The minimum absolute atomic E-state index is 0.318. The second-order valence-corrected chi connectivity index (χ2v) is 5.25. The Labute approximate surface area is 104 Å². The van der Waals surface area contributed by atoms with E-state index in [1.165, 1.54) is 25.7 Å². The van der Waals surface area contributed by atoms with Crippen LogP contribution in [0.4, 0.5) is 0 Å². The molecule has 0 saturated heterocycles. The fraction of sp³-hybridized carbons (Fsp3) is 0.923. The van der Waals surface area contributed by atoms with E-state index < -0.39 is 0 Å². The topological polar surface area (TPSA) is 49.6 Å². The summed E-state index contributed by atoms with van der Waals surface area (Å²) in [6, 6.07) is 1.20. The molecule has 4 heteroatoms. The summed E-state index contributed by atoms with van der Waals surface area (Å²) in [5.74, 6) is 0.318. The Morgan fingerprint density at radius 2 is 1.88 bits per heavy atom. The summed E-state index contributed by atoms with van der Waals surface area (Å²) in [6.45, 7) is 5.25. The second kappa shape index (κ2) is 5.83. The first-order valence-corrected chi connectivity index (χ1v) is 6.99. The van der Waals surface area contributed by atoms with Gasteiger partial charge in [0.05, 0.1) is 6.54 Å². The van der Waals surface area contributed by atoms with Crippen molar-refractivity contribution in [3.05, 3.63) is 0 Å². The molecular formula is C13H25N3O. The number of rotatable bonds is 8. The molecule has 0 heterocycles. The summed E-state index contributed by atoms with van der Waals surface area (Å²) >= 11 is 0. The number of hydrogen-bond donors (Lipinski definition) is 1. The molecule has 4 nitrogen and oxygen atoms in total. The van der Waals surface area contributed by atoms with Crippen LogP contribution in [0.15, 0.2) is 0 Å². The van der Waals surface area contributed by atoms with Crippen LogP contribution in [0, 0.1) is 0 Å². The standard InChI is InChI=1S/C13H25N3O/c1-2-16(12-6-7-12)13(17)10-15(9-3-8-14)11-4-5-11/h11-12H,2-10,14H2,1H3. The van der Waals surface area contributed by atoms with Crippen LogP contribution in [-0.4, -0.2) is 54.0 Å². The fourth-order valence-electron chi connectivity index (χ4n) is 2.41. The Kier molecular flexibility index (Phi) is 4.40. The SMILES string of the molecule is CCN(C(=O)CN(CCCN)C1CC1)C1CC1. The number of amides is 1. The number of nitrogens with two attached hydrogens (primary N) is 1. The van der Waals surface area contributed by atoms with Gasteiger partial charge in [0.2, 0.25) is 5.91 Å². The van der Waals surface area contributed by atoms with Gasteiger partial charge >= 0.3 is 0 Å². The smallest absolute Gasteiger partial charge is 0.236 e. The highest BCUT2D eigenvalue weighted by Crippen LogP contribution is 2.29. The van der Waals surface area contributed by atoms with E-state index in [-0.39, 0.29) is 0 Å². The fourth-order valence-corrected chi connectivity index (χ4v) is 2.41. The first-order chi connectivity index (χ1) is 8.26. The molecule has 0 radical (unpaired) electrons. The van der Waals surface area contributed by atoms with E-state index in [9.17, 15) is 4.79 Å². The summed E-state index contributed by atoms with van der Waals surface area (Å²) in [5.41, 5.74) is 5.55. The van der Waals surface area contributed by atoms with Crippen LogP contribution in [0.5, 0.6) is 0 Å². The zero-order valence-corrected chi connectivity index (χ0v) is 10.9. The lowest BCUT2D eigenvalue weighted by Crippen LogP contribution is -2.42. The van der Waals surface area contributed by atoms with Crippen LogP contribution >= 0.6 is 0 Å². The lowest BCUT2D eigenvalue weighted by atomic mass is 10.3. The van der Waals surface area contributed by atoms with Gasteiger partial charge in [-0.1, -0.05) is 0 Å². The molecule has 1 amide bonds. The predicted molar refractivity (Wildman–Crippen MR) is 68.7 cm³/mol. The molecule has 98 valence electrons. The van der Waals surface area contributed by atoms with Gasteiger partial charge in [0.1, 0.15) is 0 Å². The van der Waals surface area contributed by atoms with Crippen molar-refractivity contribution < 1.29 is 4.79 Å². The molecule has 0 unspecified atom stereocenters. The Morgan fingerprint density at radius 1 is 1.24 bits per heavy atom. The van der Waals surface area contributed by atoms with Gasteiger partial charge in [0.15, 0.2) is 0 Å². The highest BCUT2D eigenvalue weighted by Gasteiger charge is 2.35. The third-order valence-corrected chi connectivity index (χ3v) is 3.70. The van der Waals surface area contributed by atoms with E-state index in [0.717, 1.165) is 26.1 Å². The Hall–Kier alpha value is -0.610. The molecule has 0 aromatic rings. The van der Waals surface area contributed by atoms with E-state index >= 15 is 0 Å². The normalized spacial score (nSPS) is 19.7. The molecule has 2 saturated carbocycles. The van der Waals surface area contributed by atoms with Crippen molar-refractivity contribution in [2.75, 3.05) is 26.2 Å². The van der Waals surface area contributed by atoms with Crippen molar-refractivity contribution >= 4 is 5.91 Å². The molecule has 0 spiro atoms. The summed E-state index contributed by atoms with van der Waals surface area (Å²) in [4.78, 5) is 16.6. The molecule has 2 aliphatic carbocycles. The summed E-state index contributed by atoms with van der Waals surface area (Å²) < 4.78 is 0. The Balaban J connectivity index is 1.80. The van der Waals surface area contributed by atoms with E-state index in [0.29, 0.717) is 24.5 Å². The quantitative estimate of drug-likeness (QED) is 0.682. The third kappa shape index (κ3) is 3.68. The average molecular weight is 239 g/mol. The molecule has 17 heavy (non-hydrogen) atoms. The van der Waals surface area contributed by atoms with Crippen molar-refractivity contribution in [2.45, 2.75) is 51.1 Å². The lowest BCUT2D eigenvalue weighted by molar-refractivity contribution is -0.133. The number of hydrogen-bond acceptors (Lipinski definition) is 3. The van der Waals surface area contributed by atoms with E-state index in [2.05, 4.69) is 16.7 Å². The Morgan fingerprint density at radius 3 is 2.35 bits per heavy atom. The largest absolute Gasteiger partial charge is 0.339 e. The first kappa shape index (κ1) is 12.8. The van der Waals surface area contributed by atoms with Crippen molar-refractivity contribution in [3.63, 3.8) is 0 Å². The molecule has 2 rings (SSSR count). The maximum absolute atomic E-state index is 12.2. The van der Waals surface area contributed by atoms with Crippen LogP contribution in [-0.2, 0) is 4.79 Å². The highest BCUT2D eigenvalue weighted by atomic mass is 16.2. The van der Waals surface area contributed by atoms with Crippen LogP contribution in [0.25, 0.3) is 0 Å². The monoisotopic (exact) mass is 239 g/mol. The molecule has 0 aliphatic heterocycles. The minimum atomic E-state index is 0.318. The molecule has 0 aromatic heterocycles. The first-order valence-electron chi connectivity index (χ1n) is 6.99. The average Bonchev–Trinajstić information content (AvgIpc) is 3.16. The third-order valence-electron chi connectivity index (χ3n) is 3.70. The number of carbonyl (C=O) groups is 1. The van der Waals surface area contributed by atoms with Crippen LogP contribution < -0.4 is 5.73 Å². The predicted octanol–water partition coefficient (Wildman–Crippen LogP) is 0.811. The maximum Gasteiger partial charge on any atom is 0.236 e. The summed E-state index contributed by atoms with van der Waals surface area (Å²) in [6.07, 6.45) is 5.91. The minimum Gasteiger partial charge on any atom is -0.339 e. The van der Waals surface area contributed by atoms with Crippen molar-refractivity contribution in [3.8, 4) is 0 Å². The van der Waals surface area contributed by atoms with E-state index in [4.69, 9.17) is 5.73 Å². The summed E-state index contributed by atoms with van der Waals surface area (Å²) in [7, 11) is 0. The molecule has 0 aromatic carbocycles. The van der Waals surface area contributed by atoms with Gasteiger partial charge in [-0.05, 0) is 45.6 Å². The molecule has 2 aliphatic rings. The van der Waals surface area contributed by atoms with E-state index in [1.54, 1.807) is 0 Å². The second-order valence-electron chi connectivity index (χ2n) is 5.25. The molecular weight excluding hydrogens is 214 g/mol. The number of carbonyl (C=O) groups excluding carboxylic acids is 1. The van der Waals surface area contributed by atoms with Gasteiger partial charge in [-0.15, -0.1) is 0 Å². The Bertz CT molecular complexity index is 261. The van der Waals surface area contributed by atoms with Gasteiger partial charge in [-0.3, -0.25) is 9.69 Å². The van der Waals surface area contributed by atoms with Crippen molar-refractivity contribution in [1.82, 2.24) is 9.80 Å². The zero-order chi connectivity index (χ0) is 12.3. The van der Waals surface area contributed by atoms with Gasteiger partial charge in [-0.25, -0.2) is 0 Å². The van der Waals surface area contributed by atoms with Crippen molar-refractivity contribution in [1.29, 1.82) is 0 Å². The zero-order valence-electron chi connectivity index (χ0n) is 10.9. The number of likely N-dealkylation sites (N-methyl/N-ethyl adjacent to an activating group) is 1. The van der Waals surface area contributed by atoms with E-state index in [1.807, 2.05) is 0 Å². The van der Waals surface area contributed by atoms with Crippen LogP contribution in [0.1, 0.15) is 39.0 Å². The maximum atomic E-state index is 12.2. The van der Waals surface area contributed by atoms with Gasteiger partial charge in [0, 0.05) is 25.2 Å². The van der Waals surface area contributed by atoms with Crippen LogP contribution in [0.3, 0.4) is 0 Å². The van der Waals surface area contributed by atoms with Crippen LogP contribution in [0.2, 0.25) is 0 Å². The van der Waals surface area contributed by atoms with Gasteiger partial charge in [-0.2, -0.15) is 0 Å². The number of nitrogens with zero attached hydrogens (tertiary/aromatic N) is 2. The molecule has 2 N–H and O–H groups in total. The molecule has 2 fully saturated rings. The highest BCUT2D eigenvalue weighted by molar-refractivity contribution is 5.79. The molecule has 0 bridgehead atoms. The van der Waals surface area contributed by atoms with Gasteiger partial charge < -0.3 is 10.6 Å².